The van der Waals surface area contributed by atoms with E-state index in [-0.39, 0.29) is 6.10 Å². The Kier molecular flexibility index (Phi) is 3.12. The van der Waals surface area contributed by atoms with Gasteiger partial charge in [-0.15, -0.1) is 0 Å². The number of aromatic nitrogens is 3. The Morgan fingerprint density at radius 1 is 1.47 bits per heavy atom. The van der Waals surface area contributed by atoms with Gasteiger partial charge >= 0.3 is 0 Å². The number of hydrogen-bond acceptors (Lipinski definition) is 6. The van der Waals surface area contributed by atoms with Crippen LogP contribution in [0.25, 0.3) is 11.6 Å². The lowest BCUT2D eigenvalue weighted by Crippen LogP contribution is -1.97. The van der Waals surface area contributed by atoms with Gasteiger partial charge < -0.3 is 9.26 Å². The smallest absolute Gasteiger partial charge is 0.276 e. The minimum Gasteiger partial charge on any atom is -0.374 e. The fourth-order valence-electron chi connectivity index (χ4n) is 1.20. The fraction of sp³-hybridized carbons (Fsp3) is 0.273. The predicted molar refractivity (Wildman–Crippen MR) is 57.7 cm³/mol. The zero-order valence-electron chi connectivity index (χ0n) is 9.41. The molecule has 6 heteroatoms. The number of nitrogens with zero attached hydrogens (tertiary/aromatic N) is 4. The zero-order chi connectivity index (χ0) is 12.3. The molecule has 0 radical (unpaired) electrons. The Balaban J connectivity index is 2.28. The molecular weight excluding hydrogens is 220 g/mol. The third-order valence-electron chi connectivity index (χ3n) is 2.27. The first kappa shape index (κ1) is 11.2. The number of hydrogen-bond donors (Lipinski definition) is 0. The molecule has 1 unspecified atom stereocenters. The molecule has 0 aliphatic heterocycles. The summed E-state index contributed by atoms with van der Waals surface area (Å²) in [5, 5.41) is 12.4. The van der Waals surface area contributed by atoms with Crippen molar-refractivity contribution in [3.05, 3.63) is 29.7 Å². The molecular formula is C11H10N4O2. The van der Waals surface area contributed by atoms with Crippen molar-refractivity contribution in [1.29, 1.82) is 5.26 Å². The van der Waals surface area contributed by atoms with Crippen molar-refractivity contribution in [3.8, 4) is 17.7 Å². The minimum atomic E-state index is -0.231. The minimum absolute atomic E-state index is 0.231. The van der Waals surface area contributed by atoms with Crippen LogP contribution in [-0.2, 0) is 4.74 Å². The number of ether oxygens (including phenoxy) is 1. The van der Waals surface area contributed by atoms with Crippen LogP contribution in [0.15, 0.2) is 22.9 Å². The molecule has 0 N–H and O–H groups in total. The number of methoxy groups -OCH3 is 1. The molecule has 2 heterocycles. The van der Waals surface area contributed by atoms with E-state index in [1.807, 2.05) is 13.0 Å². The molecule has 2 aromatic heterocycles. The van der Waals surface area contributed by atoms with Gasteiger partial charge in [0.1, 0.15) is 17.9 Å². The second kappa shape index (κ2) is 4.72. The second-order valence-corrected chi connectivity index (χ2v) is 3.38. The van der Waals surface area contributed by atoms with Crippen LogP contribution in [0, 0.1) is 11.3 Å². The van der Waals surface area contributed by atoms with E-state index < -0.39 is 0 Å². The van der Waals surface area contributed by atoms with Crippen LogP contribution in [0.2, 0.25) is 0 Å². The lowest BCUT2D eigenvalue weighted by molar-refractivity contribution is 0.109. The monoisotopic (exact) mass is 230 g/mol. The summed E-state index contributed by atoms with van der Waals surface area (Å²) in [6.45, 7) is 1.82. The Labute approximate surface area is 97.9 Å². The van der Waals surface area contributed by atoms with Gasteiger partial charge in [0.25, 0.3) is 5.89 Å². The summed E-state index contributed by atoms with van der Waals surface area (Å²) in [6.07, 6.45) is 1.23. The van der Waals surface area contributed by atoms with E-state index in [1.54, 1.807) is 19.2 Å². The molecule has 2 aromatic rings. The summed E-state index contributed by atoms with van der Waals surface area (Å²) in [7, 11) is 1.57. The first-order valence-electron chi connectivity index (χ1n) is 4.97. The largest absolute Gasteiger partial charge is 0.374 e. The first-order valence-corrected chi connectivity index (χ1v) is 4.97. The van der Waals surface area contributed by atoms with Crippen LogP contribution in [0.4, 0.5) is 0 Å². The maximum atomic E-state index is 8.65. The van der Waals surface area contributed by atoms with Crippen molar-refractivity contribution < 1.29 is 9.26 Å². The molecule has 1 atom stereocenters. The van der Waals surface area contributed by atoms with Gasteiger partial charge in [0.15, 0.2) is 0 Å². The van der Waals surface area contributed by atoms with E-state index >= 15 is 0 Å². The van der Waals surface area contributed by atoms with Crippen molar-refractivity contribution in [3.63, 3.8) is 0 Å². The Morgan fingerprint density at radius 3 is 2.88 bits per heavy atom. The Morgan fingerprint density at radius 2 is 2.29 bits per heavy atom. The topological polar surface area (TPSA) is 84.8 Å². The lowest BCUT2D eigenvalue weighted by atomic mass is 10.2. The van der Waals surface area contributed by atoms with Gasteiger partial charge in [-0.05, 0) is 19.1 Å². The van der Waals surface area contributed by atoms with Crippen LogP contribution < -0.4 is 0 Å². The molecule has 86 valence electrons. The highest BCUT2D eigenvalue weighted by Gasteiger charge is 2.14. The van der Waals surface area contributed by atoms with Crippen molar-refractivity contribution in [2.75, 3.05) is 7.11 Å². The molecule has 0 spiro atoms. The third-order valence-corrected chi connectivity index (χ3v) is 2.27. The summed E-state index contributed by atoms with van der Waals surface area (Å²) >= 11 is 0. The Bertz CT molecular complexity index is 541. The van der Waals surface area contributed by atoms with Crippen molar-refractivity contribution in [1.82, 2.24) is 15.1 Å². The summed E-state index contributed by atoms with van der Waals surface area (Å²) in [5.74, 6) is 0.780. The van der Waals surface area contributed by atoms with Crippen LogP contribution in [0.3, 0.4) is 0 Å². The highest BCUT2D eigenvalue weighted by atomic mass is 16.5. The van der Waals surface area contributed by atoms with E-state index in [2.05, 4.69) is 15.1 Å². The lowest BCUT2D eigenvalue weighted by Gasteiger charge is -2.00. The average Bonchev–Trinajstić information content (AvgIpc) is 2.87. The highest BCUT2D eigenvalue weighted by molar-refractivity contribution is 5.47. The average molecular weight is 230 g/mol. The predicted octanol–water partition coefficient (Wildman–Crippen LogP) is 1.71. The molecule has 6 nitrogen and oxygen atoms in total. The van der Waals surface area contributed by atoms with Gasteiger partial charge in [-0.2, -0.15) is 10.2 Å². The zero-order valence-corrected chi connectivity index (χ0v) is 9.41. The molecule has 0 saturated carbocycles. The van der Waals surface area contributed by atoms with Crippen molar-refractivity contribution in [2.24, 2.45) is 0 Å². The molecule has 0 fully saturated rings. The summed E-state index contributed by atoms with van der Waals surface area (Å²) in [5.41, 5.74) is 1.02. The molecule has 0 aliphatic carbocycles. The maximum Gasteiger partial charge on any atom is 0.276 e. The van der Waals surface area contributed by atoms with Crippen molar-refractivity contribution >= 4 is 0 Å². The standard InChI is InChI=1S/C11H10N4O2/c1-7(16-2)10-14-11(17-15-10)9-4-3-8(5-12)6-13-9/h3-4,6-7H,1-2H3. The molecule has 0 aliphatic rings. The highest BCUT2D eigenvalue weighted by Crippen LogP contribution is 2.18. The van der Waals surface area contributed by atoms with Gasteiger partial charge in [-0.3, -0.25) is 0 Å². The third kappa shape index (κ3) is 2.29. The van der Waals surface area contributed by atoms with Gasteiger partial charge in [0.2, 0.25) is 5.82 Å². The number of nitriles is 1. The quantitative estimate of drug-likeness (QED) is 0.797. The van der Waals surface area contributed by atoms with E-state index in [0.717, 1.165) is 0 Å². The van der Waals surface area contributed by atoms with E-state index in [9.17, 15) is 0 Å². The Hall–Kier alpha value is -2.26. The maximum absolute atomic E-state index is 8.65. The van der Waals surface area contributed by atoms with Gasteiger partial charge in [-0.1, -0.05) is 5.16 Å². The molecule has 0 saturated heterocycles. The fourth-order valence-corrected chi connectivity index (χ4v) is 1.20. The molecule has 2 rings (SSSR count). The van der Waals surface area contributed by atoms with Crippen LogP contribution >= 0.6 is 0 Å². The van der Waals surface area contributed by atoms with Crippen LogP contribution in [-0.4, -0.2) is 22.2 Å². The van der Waals surface area contributed by atoms with Crippen LogP contribution in [0.5, 0.6) is 0 Å². The summed E-state index contributed by atoms with van der Waals surface area (Å²) in [6, 6.07) is 5.29. The first-order chi connectivity index (χ1) is 8.24. The van der Waals surface area contributed by atoms with Gasteiger partial charge in [0.05, 0.1) is 5.56 Å². The normalized spacial score (nSPS) is 12.1. The molecule has 0 amide bonds. The number of rotatable bonds is 3. The summed E-state index contributed by atoms with van der Waals surface area (Å²) < 4.78 is 10.1. The second-order valence-electron chi connectivity index (χ2n) is 3.38. The van der Waals surface area contributed by atoms with E-state index in [1.165, 1.54) is 6.20 Å². The molecule has 0 aromatic carbocycles. The van der Waals surface area contributed by atoms with Gasteiger partial charge in [0, 0.05) is 13.3 Å². The van der Waals surface area contributed by atoms with Crippen molar-refractivity contribution in [2.45, 2.75) is 13.0 Å². The van der Waals surface area contributed by atoms with Crippen LogP contribution in [0.1, 0.15) is 24.4 Å². The van der Waals surface area contributed by atoms with Gasteiger partial charge in [-0.25, -0.2) is 4.98 Å². The molecule has 17 heavy (non-hydrogen) atoms. The number of pyridine rings is 1. The summed E-state index contributed by atoms with van der Waals surface area (Å²) in [4.78, 5) is 8.22. The SMILES string of the molecule is COC(C)c1noc(-c2ccc(C#N)cn2)n1. The molecule has 0 bridgehead atoms. The van der Waals surface area contributed by atoms with E-state index in [0.29, 0.717) is 23.0 Å². The van der Waals surface area contributed by atoms with E-state index in [4.69, 9.17) is 14.5 Å².